The van der Waals surface area contributed by atoms with Crippen LogP contribution in [0.2, 0.25) is 0 Å². The largest absolute Gasteiger partial charge is 0.450 e. The maximum absolute atomic E-state index is 13.8. The molecule has 0 bridgehead atoms. The number of nitro benzene ring substituents is 1. The normalized spacial score (nSPS) is 12.0. The van der Waals surface area contributed by atoms with Gasteiger partial charge in [-0.1, -0.05) is 6.07 Å². The van der Waals surface area contributed by atoms with Gasteiger partial charge in [0.2, 0.25) is 5.75 Å². The second kappa shape index (κ2) is 5.84. The molecule has 0 radical (unpaired) electrons. The lowest BCUT2D eigenvalue weighted by Gasteiger charge is -2.14. The summed E-state index contributed by atoms with van der Waals surface area (Å²) < 4.78 is 32.3. The van der Waals surface area contributed by atoms with E-state index < -0.39 is 28.3 Å². The quantitative estimate of drug-likeness (QED) is 0.689. The monoisotopic (exact) mass is 294 g/mol. The Morgan fingerprint density at radius 3 is 2.57 bits per heavy atom. The Balaban J connectivity index is 2.50. The summed E-state index contributed by atoms with van der Waals surface area (Å²) in [6, 6.07) is 6.10. The van der Waals surface area contributed by atoms with Crippen LogP contribution in [0.3, 0.4) is 0 Å². The highest BCUT2D eigenvalue weighted by molar-refractivity contribution is 5.50. The number of hydrogen-bond acceptors (Lipinski definition) is 4. The Kier molecular flexibility index (Phi) is 4.13. The van der Waals surface area contributed by atoms with Gasteiger partial charge >= 0.3 is 5.69 Å². The fraction of sp³-hybridized carbons (Fsp3) is 0.143. The summed E-state index contributed by atoms with van der Waals surface area (Å²) in [5.41, 5.74) is 5.31. The molecular weight excluding hydrogens is 282 g/mol. The van der Waals surface area contributed by atoms with Crippen molar-refractivity contribution in [2.24, 2.45) is 5.73 Å². The van der Waals surface area contributed by atoms with Crippen LogP contribution in [0.5, 0.6) is 11.5 Å². The number of ether oxygens (including phenoxy) is 1. The van der Waals surface area contributed by atoms with Crippen molar-refractivity contribution < 1.29 is 18.4 Å². The minimum absolute atomic E-state index is 0.0127. The van der Waals surface area contributed by atoms with Crippen molar-refractivity contribution in [3.8, 4) is 11.5 Å². The van der Waals surface area contributed by atoms with E-state index in [1.54, 1.807) is 6.92 Å². The summed E-state index contributed by atoms with van der Waals surface area (Å²) >= 11 is 0. The van der Waals surface area contributed by atoms with Crippen LogP contribution in [-0.2, 0) is 0 Å². The standard InChI is InChI=1S/C14H12F2N2O3/c1-8(17)14-10(16)3-2-4-12(14)21-13-7-9(15)5-6-11(13)18(19)20/h2-8H,17H2,1H3/t8-/m1/s1. The van der Waals surface area contributed by atoms with Crippen molar-refractivity contribution in [1.29, 1.82) is 0 Å². The molecule has 0 spiro atoms. The summed E-state index contributed by atoms with van der Waals surface area (Å²) in [5, 5.41) is 10.9. The number of nitrogens with two attached hydrogens (primary N) is 1. The van der Waals surface area contributed by atoms with E-state index in [1.807, 2.05) is 0 Å². The predicted molar refractivity (Wildman–Crippen MR) is 72.1 cm³/mol. The number of benzene rings is 2. The Morgan fingerprint density at radius 1 is 1.24 bits per heavy atom. The van der Waals surface area contributed by atoms with Gasteiger partial charge in [0, 0.05) is 23.7 Å². The van der Waals surface area contributed by atoms with E-state index in [4.69, 9.17) is 10.5 Å². The molecule has 0 amide bonds. The van der Waals surface area contributed by atoms with Crippen molar-refractivity contribution in [1.82, 2.24) is 0 Å². The van der Waals surface area contributed by atoms with Crippen LogP contribution in [0.25, 0.3) is 0 Å². The summed E-state index contributed by atoms with van der Waals surface area (Å²) in [5.74, 6) is -1.60. The van der Waals surface area contributed by atoms with Gasteiger partial charge in [-0.25, -0.2) is 8.78 Å². The van der Waals surface area contributed by atoms with E-state index >= 15 is 0 Å². The molecule has 2 aromatic rings. The zero-order valence-electron chi connectivity index (χ0n) is 11.0. The molecule has 2 N–H and O–H groups in total. The average Bonchev–Trinajstić information content (AvgIpc) is 2.37. The zero-order valence-corrected chi connectivity index (χ0v) is 11.0. The SMILES string of the molecule is C[C@@H](N)c1c(F)cccc1Oc1cc(F)ccc1[N+](=O)[O-]. The molecule has 0 fully saturated rings. The highest BCUT2D eigenvalue weighted by Crippen LogP contribution is 2.35. The molecule has 0 heterocycles. The molecule has 21 heavy (non-hydrogen) atoms. The number of nitrogens with zero attached hydrogens (tertiary/aromatic N) is 1. The number of halogens is 2. The minimum Gasteiger partial charge on any atom is -0.450 e. The summed E-state index contributed by atoms with van der Waals surface area (Å²) in [6.45, 7) is 1.55. The molecule has 7 heteroatoms. The van der Waals surface area contributed by atoms with Gasteiger partial charge in [-0.3, -0.25) is 10.1 Å². The van der Waals surface area contributed by atoms with Crippen molar-refractivity contribution >= 4 is 5.69 Å². The second-order valence-corrected chi connectivity index (χ2v) is 4.41. The van der Waals surface area contributed by atoms with E-state index in [2.05, 4.69) is 0 Å². The van der Waals surface area contributed by atoms with Gasteiger partial charge in [0.05, 0.1) is 4.92 Å². The third-order valence-electron chi connectivity index (χ3n) is 2.81. The number of hydrogen-bond donors (Lipinski definition) is 1. The van der Waals surface area contributed by atoms with Crippen LogP contribution in [0.1, 0.15) is 18.5 Å². The lowest BCUT2D eigenvalue weighted by Crippen LogP contribution is -2.09. The fourth-order valence-electron chi connectivity index (χ4n) is 1.89. The fourth-order valence-corrected chi connectivity index (χ4v) is 1.89. The summed E-state index contributed by atoms with van der Waals surface area (Å²) in [7, 11) is 0. The highest BCUT2D eigenvalue weighted by Gasteiger charge is 2.20. The molecule has 2 rings (SSSR count). The van der Waals surface area contributed by atoms with Gasteiger partial charge in [-0.2, -0.15) is 0 Å². The second-order valence-electron chi connectivity index (χ2n) is 4.41. The Bertz CT molecular complexity index is 690. The molecular formula is C14H12F2N2O3. The van der Waals surface area contributed by atoms with E-state index in [1.165, 1.54) is 18.2 Å². The van der Waals surface area contributed by atoms with E-state index in [9.17, 15) is 18.9 Å². The molecule has 0 saturated carbocycles. The first-order chi connectivity index (χ1) is 9.90. The topological polar surface area (TPSA) is 78.4 Å². The predicted octanol–water partition coefficient (Wildman–Crippen LogP) is 3.69. The van der Waals surface area contributed by atoms with Gasteiger partial charge in [0.15, 0.2) is 0 Å². The molecule has 2 aromatic carbocycles. The van der Waals surface area contributed by atoms with Crippen LogP contribution in [0, 0.1) is 21.7 Å². The third kappa shape index (κ3) is 3.14. The zero-order chi connectivity index (χ0) is 15.6. The molecule has 0 aliphatic heterocycles. The van der Waals surface area contributed by atoms with Gasteiger partial charge in [-0.15, -0.1) is 0 Å². The van der Waals surface area contributed by atoms with Crippen molar-refractivity contribution in [3.05, 3.63) is 63.7 Å². The highest BCUT2D eigenvalue weighted by atomic mass is 19.1. The third-order valence-corrected chi connectivity index (χ3v) is 2.81. The molecule has 0 aliphatic carbocycles. The lowest BCUT2D eigenvalue weighted by molar-refractivity contribution is -0.385. The summed E-state index contributed by atoms with van der Waals surface area (Å²) in [4.78, 5) is 10.2. The first-order valence-electron chi connectivity index (χ1n) is 6.06. The van der Waals surface area contributed by atoms with Crippen molar-refractivity contribution in [2.45, 2.75) is 13.0 Å². The lowest BCUT2D eigenvalue weighted by atomic mass is 10.1. The van der Waals surface area contributed by atoms with E-state index in [-0.39, 0.29) is 17.1 Å². The first-order valence-corrected chi connectivity index (χ1v) is 6.06. The summed E-state index contributed by atoms with van der Waals surface area (Å²) in [6.07, 6.45) is 0. The van der Waals surface area contributed by atoms with Crippen molar-refractivity contribution in [2.75, 3.05) is 0 Å². The Hall–Kier alpha value is -2.54. The molecule has 5 nitrogen and oxygen atoms in total. The minimum atomic E-state index is -0.709. The Labute approximate surface area is 119 Å². The van der Waals surface area contributed by atoms with Crippen LogP contribution >= 0.6 is 0 Å². The van der Waals surface area contributed by atoms with Crippen LogP contribution in [-0.4, -0.2) is 4.92 Å². The van der Waals surface area contributed by atoms with Crippen molar-refractivity contribution in [3.63, 3.8) is 0 Å². The van der Waals surface area contributed by atoms with Crippen LogP contribution in [0.15, 0.2) is 36.4 Å². The molecule has 0 aliphatic rings. The first kappa shape index (κ1) is 14.9. The average molecular weight is 294 g/mol. The number of nitro groups is 1. The molecule has 0 unspecified atom stereocenters. The maximum atomic E-state index is 13.8. The smallest absolute Gasteiger partial charge is 0.311 e. The van der Waals surface area contributed by atoms with Crippen LogP contribution < -0.4 is 10.5 Å². The van der Waals surface area contributed by atoms with Gasteiger partial charge < -0.3 is 10.5 Å². The molecule has 110 valence electrons. The molecule has 0 saturated heterocycles. The van der Waals surface area contributed by atoms with Crippen LogP contribution in [0.4, 0.5) is 14.5 Å². The molecule has 1 atom stereocenters. The maximum Gasteiger partial charge on any atom is 0.311 e. The van der Waals surface area contributed by atoms with E-state index in [0.29, 0.717) is 0 Å². The number of rotatable bonds is 4. The molecule has 0 aromatic heterocycles. The van der Waals surface area contributed by atoms with E-state index in [0.717, 1.165) is 18.2 Å². The van der Waals surface area contributed by atoms with Gasteiger partial charge in [-0.05, 0) is 25.1 Å². The van der Waals surface area contributed by atoms with Gasteiger partial charge in [0.25, 0.3) is 0 Å². The van der Waals surface area contributed by atoms with Gasteiger partial charge in [0.1, 0.15) is 17.4 Å². The Morgan fingerprint density at radius 2 is 1.95 bits per heavy atom.